The van der Waals surface area contributed by atoms with Gasteiger partial charge in [-0.2, -0.15) is 0 Å². The zero-order valence-corrected chi connectivity index (χ0v) is 33.3. The van der Waals surface area contributed by atoms with E-state index in [1.165, 1.54) is 192 Å². The van der Waals surface area contributed by atoms with E-state index >= 15 is 0 Å². The molecule has 0 unspecified atom stereocenters. The van der Waals surface area contributed by atoms with E-state index < -0.39 is 5.31 Å². The normalized spacial score (nSPS) is 12.7. The number of unbranched alkanes of at least 4 members (excludes halogenated alkanes) is 26. The molecule has 0 aliphatic heterocycles. The van der Waals surface area contributed by atoms with Gasteiger partial charge in [0, 0.05) is 0 Å². The summed E-state index contributed by atoms with van der Waals surface area (Å²) in [6.07, 6.45) is 42.5. The van der Waals surface area contributed by atoms with Crippen molar-refractivity contribution in [1.29, 1.82) is 0 Å². The maximum atomic E-state index is 4.72. The molecule has 0 N–H and O–H groups in total. The average molecular weight is 716 g/mol. The molecule has 0 saturated carbocycles. The Morgan fingerprint density at radius 2 is 0.543 bits per heavy atom. The average Bonchev–Trinajstić information content (AvgIpc) is 3.09. The van der Waals surface area contributed by atoms with Gasteiger partial charge in [-0.25, -0.2) is 0 Å². The van der Waals surface area contributed by atoms with Crippen LogP contribution in [0.3, 0.4) is 0 Å². The van der Waals surface area contributed by atoms with E-state index in [4.69, 9.17) is 15.5 Å². The summed E-state index contributed by atoms with van der Waals surface area (Å²) in [5.41, 5.74) is 0. The Labute approximate surface area is 296 Å². The Hall–Kier alpha value is -0.650. The van der Waals surface area contributed by atoms with Crippen LogP contribution in [0.4, 0.5) is 0 Å². The molecule has 2 aromatic carbocycles. The van der Waals surface area contributed by atoms with Crippen molar-refractivity contribution in [3.8, 4) is 0 Å². The first-order chi connectivity index (χ1) is 22.6. The summed E-state index contributed by atoms with van der Waals surface area (Å²) in [6, 6.07) is 23.2. The number of hydrogen-bond donors (Lipinski definition) is 0. The molecule has 0 spiro atoms. The predicted octanol–water partition coefficient (Wildman–Crippen LogP) is 15.5. The Morgan fingerprint density at radius 3 is 0.783 bits per heavy atom. The summed E-state index contributed by atoms with van der Waals surface area (Å²) >= 11 is 4.72. The summed E-state index contributed by atoms with van der Waals surface area (Å²) in [4.78, 5) is 0. The molecule has 0 radical (unpaired) electrons. The maximum absolute atomic E-state index is 4.72. The van der Waals surface area contributed by atoms with Crippen molar-refractivity contribution in [2.75, 3.05) is 12.3 Å². The van der Waals surface area contributed by atoms with Gasteiger partial charge in [0.15, 0.2) is 0 Å². The molecule has 0 bridgehead atoms. The quantitative estimate of drug-likeness (QED) is 0.0523. The molecule has 2 aromatic rings. The SMILES string of the molecule is CCCCCCCCCCCCCCCCP(Br)(CCCCCCCCCCCCCCCC)(c1ccccc1)c1ccccc1. The van der Waals surface area contributed by atoms with Crippen LogP contribution in [0.25, 0.3) is 0 Å². The molecule has 0 aliphatic carbocycles. The topological polar surface area (TPSA) is 0 Å². The van der Waals surface area contributed by atoms with Crippen molar-refractivity contribution >= 4 is 31.4 Å². The molecule has 0 heterocycles. The van der Waals surface area contributed by atoms with E-state index in [1.807, 2.05) is 0 Å². The molecule has 0 aliphatic rings. The van der Waals surface area contributed by atoms with Gasteiger partial charge in [0.05, 0.1) is 0 Å². The standard InChI is InChI=1S/C44H76BrP/c1-3-5-7-9-11-13-15-17-19-21-23-25-27-35-41-46(45,43-37-31-29-32-38-43,44-39-33-30-34-40-44)42-36-28-26-24-22-20-18-16-14-12-10-8-6-4-2/h29-34,37-40H,3-28,35-36,41-42H2,1-2H3. The molecule has 264 valence electrons. The number of rotatable bonds is 32. The second-order valence-electron chi connectivity index (χ2n) is 14.7. The van der Waals surface area contributed by atoms with Crippen LogP contribution in [0.15, 0.2) is 60.7 Å². The molecular weight excluding hydrogens is 639 g/mol. The summed E-state index contributed by atoms with van der Waals surface area (Å²) in [5.74, 6) is 0. The number of halogens is 1. The van der Waals surface area contributed by atoms with E-state index in [0.29, 0.717) is 0 Å². The molecule has 0 amide bonds. The van der Waals surface area contributed by atoms with E-state index in [1.54, 1.807) is 10.6 Å². The Bertz CT molecular complexity index is 850. The molecule has 0 nitrogen and oxygen atoms in total. The molecular formula is C44H76BrP. The number of hydrogen-bond acceptors (Lipinski definition) is 0. The van der Waals surface area contributed by atoms with E-state index in [-0.39, 0.29) is 0 Å². The molecule has 46 heavy (non-hydrogen) atoms. The molecule has 0 saturated heterocycles. The monoisotopic (exact) mass is 714 g/mol. The fourth-order valence-electron chi connectivity index (χ4n) is 7.59. The van der Waals surface area contributed by atoms with Gasteiger partial charge in [-0.05, 0) is 0 Å². The van der Waals surface area contributed by atoms with Gasteiger partial charge in [0.1, 0.15) is 0 Å². The minimum absolute atomic E-state index is 1.30. The summed E-state index contributed by atoms with van der Waals surface area (Å²) in [7, 11) is 0. The van der Waals surface area contributed by atoms with Crippen LogP contribution in [0.5, 0.6) is 0 Å². The van der Waals surface area contributed by atoms with Crippen molar-refractivity contribution in [3.05, 3.63) is 60.7 Å². The minimum atomic E-state index is -2.45. The summed E-state index contributed by atoms with van der Waals surface area (Å²) < 4.78 is 0. The fourth-order valence-corrected chi connectivity index (χ4v) is 15.5. The molecule has 0 fully saturated rings. The van der Waals surface area contributed by atoms with Gasteiger partial charge >= 0.3 is 246 Å². The van der Waals surface area contributed by atoms with Crippen LogP contribution in [-0.4, -0.2) is 12.3 Å². The Balaban J connectivity index is 1.77. The third kappa shape index (κ3) is 17.1. The van der Waals surface area contributed by atoms with Gasteiger partial charge in [-0.1, -0.05) is 52.4 Å². The van der Waals surface area contributed by atoms with Crippen molar-refractivity contribution in [1.82, 2.24) is 0 Å². The van der Waals surface area contributed by atoms with Crippen molar-refractivity contribution < 1.29 is 0 Å². The Kier molecular flexibility index (Phi) is 24.6. The van der Waals surface area contributed by atoms with Gasteiger partial charge in [-0.15, -0.1) is 0 Å². The third-order valence-electron chi connectivity index (χ3n) is 10.7. The first-order valence-corrected chi connectivity index (χ1v) is 25.1. The fraction of sp³-hybridized carbons (Fsp3) is 0.727. The molecule has 2 rings (SSSR count). The zero-order chi connectivity index (χ0) is 32.9. The molecule has 0 atom stereocenters. The predicted molar refractivity (Wildman–Crippen MR) is 218 cm³/mol. The molecule has 2 heteroatoms. The summed E-state index contributed by atoms with van der Waals surface area (Å²) in [5, 5.41) is 0.694. The van der Waals surface area contributed by atoms with E-state index in [9.17, 15) is 0 Å². The van der Waals surface area contributed by atoms with E-state index in [0.717, 1.165) is 0 Å². The van der Waals surface area contributed by atoms with Gasteiger partial charge in [0.25, 0.3) is 0 Å². The van der Waals surface area contributed by atoms with Gasteiger partial charge in [-0.3, -0.25) is 0 Å². The first kappa shape index (κ1) is 41.5. The van der Waals surface area contributed by atoms with Crippen LogP contribution >= 0.6 is 20.8 Å². The van der Waals surface area contributed by atoms with Crippen LogP contribution < -0.4 is 10.6 Å². The zero-order valence-electron chi connectivity index (χ0n) is 30.8. The van der Waals surface area contributed by atoms with Crippen LogP contribution in [0, 0.1) is 0 Å². The molecule has 0 aromatic heterocycles. The van der Waals surface area contributed by atoms with Crippen LogP contribution in [-0.2, 0) is 0 Å². The van der Waals surface area contributed by atoms with Crippen molar-refractivity contribution in [2.24, 2.45) is 0 Å². The van der Waals surface area contributed by atoms with Crippen LogP contribution in [0.1, 0.15) is 194 Å². The third-order valence-corrected chi connectivity index (χ3v) is 20.7. The van der Waals surface area contributed by atoms with Crippen LogP contribution in [0.2, 0.25) is 0 Å². The summed E-state index contributed by atoms with van der Waals surface area (Å²) in [6.45, 7) is 4.62. The van der Waals surface area contributed by atoms with E-state index in [2.05, 4.69) is 74.5 Å². The second kappa shape index (κ2) is 27.2. The first-order valence-electron chi connectivity index (χ1n) is 20.5. The second-order valence-corrected chi connectivity index (χ2v) is 24.5. The van der Waals surface area contributed by atoms with Crippen molar-refractivity contribution in [2.45, 2.75) is 194 Å². The van der Waals surface area contributed by atoms with Crippen molar-refractivity contribution in [3.63, 3.8) is 0 Å². The van der Waals surface area contributed by atoms with Gasteiger partial charge in [0.2, 0.25) is 0 Å². The van der Waals surface area contributed by atoms with Gasteiger partial charge < -0.3 is 0 Å². The number of benzene rings is 2. The Morgan fingerprint density at radius 1 is 0.326 bits per heavy atom.